The first kappa shape index (κ1) is 14.6. The van der Waals surface area contributed by atoms with E-state index in [1.165, 1.54) is 13.0 Å². The van der Waals surface area contributed by atoms with Crippen molar-refractivity contribution in [2.45, 2.75) is 13.1 Å². The highest BCUT2D eigenvalue weighted by Gasteiger charge is 2.31. The summed E-state index contributed by atoms with van der Waals surface area (Å²) in [5.41, 5.74) is -1.83. The molecule has 0 saturated heterocycles. The fourth-order valence-electron chi connectivity index (χ4n) is 1.75. The molecule has 106 valence electrons. The first-order valence-electron chi connectivity index (χ1n) is 5.46. The highest BCUT2D eigenvalue weighted by atomic mass is 32.1. The summed E-state index contributed by atoms with van der Waals surface area (Å²) in [7, 11) is 0. The third-order valence-electron chi connectivity index (χ3n) is 2.73. The van der Waals surface area contributed by atoms with Gasteiger partial charge in [0.25, 0.3) is 0 Å². The van der Waals surface area contributed by atoms with E-state index in [2.05, 4.69) is 17.2 Å². The van der Waals surface area contributed by atoms with Crippen molar-refractivity contribution in [2.75, 3.05) is 0 Å². The number of hydrogen-bond donors (Lipinski definition) is 1. The van der Waals surface area contributed by atoms with Crippen LogP contribution < -0.4 is 0 Å². The number of aromatic amines is 1. The van der Waals surface area contributed by atoms with Crippen LogP contribution in [0.1, 0.15) is 11.1 Å². The van der Waals surface area contributed by atoms with E-state index >= 15 is 0 Å². The SMILES string of the molecule is Cc1ccc(F)c(-c2cc(C(F)(F)F)cc(=S)[nH]2)c1F. The molecule has 0 fully saturated rings. The zero-order valence-electron chi connectivity index (χ0n) is 10.1. The number of rotatable bonds is 1. The lowest BCUT2D eigenvalue weighted by Gasteiger charge is -2.11. The minimum atomic E-state index is -4.64. The molecule has 0 bridgehead atoms. The van der Waals surface area contributed by atoms with E-state index in [1.807, 2.05) is 0 Å². The molecule has 0 radical (unpaired) electrons. The molecule has 2 rings (SSSR count). The van der Waals surface area contributed by atoms with Crippen molar-refractivity contribution in [3.8, 4) is 11.3 Å². The van der Waals surface area contributed by atoms with Crippen LogP contribution in [-0.2, 0) is 6.18 Å². The summed E-state index contributed by atoms with van der Waals surface area (Å²) in [6, 6.07) is 3.53. The number of benzene rings is 1. The van der Waals surface area contributed by atoms with Crippen LogP contribution in [0, 0.1) is 23.2 Å². The van der Waals surface area contributed by atoms with Crippen molar-refractivity contribution < 1.29 is 22.0 Å². The zero-order valence-corrected chi connectivity index (χ0v) is 10.9. The van der Waals surface area contributed by atoms with Crippen LogP contribution in [0.3, 0.4) is 0 Å². The van der Waals surface area contributed by atoms with Crippen molar-refractivity contribution in [2.24, 2.45) is 0 Å². The number of hydrogen-bond acceptors (Lipinski definition) is 1. The Morgan fingerprint density at radius 2 is 1.75 bits per heavy atom. The average Bonchev–Trinajstić information content (AvgIpc) is 2.33. The molecule has 7 heteroatoms. The van der Waals surface area contributed by atoms with Crippen LogP contribution >= 0.6 is 12.2 Å². The van der Waals surface area contributed by atoms with E-state index in [0.717, 1.165) is 6.07 Å². The van der Waals surface area contributed by atoms with Crippen LogP contribution in [0.15, 0.2) is 24.3 Å². The second-order valence-electron chi connectivity index (χ2n) is 4.20. The molecule has 0 spiro atoms. The summed E-state index contributed by atoms with van der Waals surface area (Å²) in [6.45, 7) is 1.39. The standard InChI is InChI=1S/C13H8F5NS/c1-6-2-3-8(14)11(12(6)15)9-4-7(13(16,17)18)5-10(20)19-9/h2-5H,1H3,(H,19,20). The molecule has 2 aromatic rings. The maximum atomic E-state index is 13.9. The molecule has 1 aromatic heterocycles. The van der Waals surface area contributed by atoms with Gasteiger partial charge in [-0.1, -0.05) is 18.3 Å². The van der Waals surface area contributed by atoms with Gasteiger partial charge in [-0.05, 0) is 30.7 Å². The first-order chi connectivity index (χ1) is 9.20. The average molecular weight is 305 g/mol. The minimum Gasteiger partial charge on any atom is -0.346 e. The normalized spacial score (nSPS) is 11.7. The van der Waals surface area contributed by atoms with E-state index in [4.69, 9.17) is 0 Å². The molecule has 1 aromatic carbocycles. The number of aromatic nitrogens is 1. The number of pyridine rings is 1. The summed E-state index contributed by atoms with van der Waals surface area (Å²) in [5, 5.41) is 0. The van der Waals surface area contributed by atoms with E-state index in [-0.39, 0.29) is 15.9 Å². The summed E-state index contributed by atoms with van der Waals surface area (Å²) in [6.07, 6.45) is -4.64. The molecular formula is C13H8F5NS. The Bertz CT molecular complexity index is 718. The monoisotopic (exact) mass is 305 g/mol. The lowest BCUT2D eigenvalue weighted by atomic mass is 10.0. The molecule has 0 amide bonds. The second-order valence-corrected chi connectivity index (χ2v) is 4.64. The van der Waals surface area contributed by atoms with Gasteiger partial charge < -0.3 is 4.98 Å². The largest absolute Gasteiger partial charge is 0.416 e. The van der Waals surface area contributed by atoms with E-state index in [1.54, 1.807) is 0 Å². The van der Waals surface area contributed by atoms with Crippen molar-refractivity contribution in [3.63, 3.8) is 0 Å². The van der Waals surface area contributed by atoms with Gasteiger partial charge in [-0.15, -0.1) is 0 Å². The van der Waals surface area contributed by atoms with Gasteiger partial charge in [-0.25, -0.2) is 8.78 Å². The third kappa shape index (κ3) is 2.72. The topological polar surface area (TPSA) is 15.8 Å². The van der Waals surface area contributed by atoms with Gasteiger partial charge in [-0.2, -0.15) is 13.2 Å². The Morgan fingerprint density at radius 3 is 2.35 bits per heavy atom. The van der Waals surface area contributed by atoms with Crippen molar-refractivity contribution in [1.82, 2.24) is 4.98 Å². The fraction of sp³-hybridized carbons (Fsp3) is 0.154. The van der Waals surface area contributed by atoms with Crippen molar-refractivity contribution in [3.05, 3.63) is 51.7 Å². The summed E-state index contributed by atoms with van der Waals surface area (Å²) < 4.78 is 65.5. The predicted octanol–water partition coefficient (Wildman–Crippen LogP) is 5.02. The molecular weight excluding hydrogens is 297 g/mol. The molecule has 0 aliphatic rings. The molecule has 1 heterocycles. The van der Waals surface area contributed by atoms with Crippen molar-refractivity contribution in [1.29, 1.82) is 0 Å². The number of alkyl halides is 3. The van der Waals surface area contributed by atoms with Crippen molar-refractivity contribution >= 4 is 12.2 Å². The molecule has 0 aliphatic heterocycles. The molecule has 0 aliphatic carbocycles. The highest BCUT2D eigenvalue weighted by molar-refractivity contribution is 7.71. The smallest absolute Gasteiger partial charge is 0.346 e. The number of nitrogens with one attached hydrogen (secondary N) is 1. The van der Waals surface area contributed by atoms with Crippen LogP contribution in [-0.4, -0.2) is 4.98 Å². The molecule has 0 unspecified atom stereocenters. The van der Waals surface area contributed by atoms with Gasteiger partial charge in [0.05, 0.1) is 16.8 Å². The number of aryl methyl sites for hydroxylation is 1. The van der Waals surface area contributed by atoms with Gasteiger partial charge >= 0.3 is 6.18 Å². The zero-order chi connectivity index (χ0) is 15.1. The van der Waals surface area contributed by atoms with E-state index in [0.29, 0.717) is 12.1 Å². The Morgan fingerprint density at radius 1 is 1.10 bits per heavy atom. The van der Waals surface area contributed by atoms with Gasteiger partial charge in [0.1, 0.15) is 16.3 Å². The maximum absolute atomic E-state index is 13.9. The number of halogens is 5. The quantitative estimate of drug-likeness (QED) is 0.578. The molecule has 1 N–H and O–H groups in total. The Balaban J connectivity index is 2.75. The second kappa shape index (κ2) is 4.97. The predicted molar refractivity (Wildman–Crippen MR) is 66.7 cm³/mol. The molecule has 1 nitrogen and oxygen atoms in total. The van der Waals surface area contributed by atoms with Gasteiger partial charge in [0, 0.05) is 0 Å². The summed E-state index contributed by atoms with van der Waals surface area (Å²) in [4.78, 5) is 2.38. The minimum absolute atomic E-state index is 0.123. The summed E-state index contributed by atoms with van der Waals surface area (Å²) >= 11 is 4.67. The van der Waals surface area contributed by atoms with Gasteiger partial charge in [-0.3, -0.25) is 0 Å². The molecule has 0 saturated carbocycles. The molecule has 0 atom stereocenters. The Hall–Kier alpha value is -1.76. The van der Waals surface area contributed by atoms with E-state index < -0.39 is 28.9 Å². The molecule has 20 heavy (non-hydrogen) atoms. The van der Waals surface area contributed by atoms with E-state index in [9.17, 15) is 22.0 Å². The van der Waals surface area contributed by atoms with Crippen LogP contribution in [0.4, 0.5) is 22.0 Å². The van der Waals surface area contributed by atoms with Gasteiger partial charge in [0.2, 0.25) is 0 Å². The first-order valence-corrected chi connectivity index (χ1v) is 5.87. The lowest BCUT2D eigenvalue weighted by Crippen LogP contribution is -2.06. The van der Waals surface area contributed by atoms with Crippen LogP contribution in [0.2, 0.25) is 0 Å². The van der Waals surface area contributed by atoms with Gasteiger partial charge in [0.15, 0.2) is 0 Å². The number of H-pyrrole nitrogens is 1. The summed E-state index contributed by atoms with van der Waals surface area (Å²) in [5.74, 6) is -1.88. The Kier molecular flexibility index (Phi) is 3.64. The maximum Gasteiger partial charge on any atom is 0.416 e. The fourth-order valence-corrected chi connectivity index (χ4v) is 1.98. The van der Waals surface area contributed by atoms with Crippen LogP contribution in [0.5, 0.6) is 0 Å². The third-order valence-corrected chi connectivity index (χ3v) is 2.95. The lowest BCUT2D eigenvalue weighted by molar-refractivity contribution is -0.137. The van der Waals surface area contributed by atoms with Crippen LogP contribution in [0.25, 0.3) is 11.3 Å². The highest BCUT2D eigenvalue weighted by Crippen LogP contribution is 2.33. The Labute approximate surface area is 116 Å².